The summed E-state index contributed by atoms with van der Waals surface area (Å²) in [6.07, 6.45) is 4.36. The first-order valence-electron chi connectivity index (χ1n) is 16.6. The van der Waals surface area contributed by atoms with Gasteiger partial charge in [-0.05, 0) is 105 Å². The summed E-state index contributed by atoms with van der Waals surface area (Å²) in [5.41, 5.74) is -0.236. The number of carbonyl (C=O) groups excluding carboxylic acids is 2. The van der Waals surface area contributed by atoms with E-state index in [-0.39, 0.29) is 41.0 Å². The van der Waals surface area contributed by atoms with Crippen molar-refractivity contribution in [2.24, 2.45) is 51.8 Å². The molecule has 4 aliphatic carbocycles. The molecule has 3 fully saturated rings. The van der Waals surface area contributed by atoms with Crippen LogP contribution in [0, 0.1) is 51.8 Å². The molecular weight excluding hydrogens is 548 g/mol. The summed E-state index contributed by atoms with van der Waals surface area (Å²) in [6.45, 7) is 18.3. The Bertz CT molecular complexity index is 1150. The van der Waals surface area contributed by atoms with Crippen LogP contribution in [0.25, 0.3) is 0 Å². The monoisotopic (exact) mass is 604 g/mol. The lowest BCUT2D eigenvalue weighted by atomic mass is 9.42. The smallest absolute Gasteiger partial charge is 0.311 e. The van der Waals surface area contributed by atoms with E-state index in [4.69, 9.17) is 14.2 Å². The second-order valence-electron chi connectivity index (χ2n) is 16.4. The average molecular weight is 605 g/mol. The summed E-state index contributed by atoms with van der Waals surface area (Å²) < 4.78 is 17.1. The van der Waals surface area contributed by atoms with Crippen molar-refractivity contribution in [3.05, 3.63) is 11.1 Å². The fourth-order valence-electron chi connectivity index (χ4n) is 11.1. The summed E-state index contributed by atoms with van der Waals surface area (Å²) in [6, 6.07) is 0. The molecule has 244 valence electrons. The van der Waals surface area contributed by atoms with E-state index < -0.39 is 52.9 Å². The van der Waals surface area contributed by atoms with Gasteiger partial charge in [-0.25, -0.2) is 0 Å². The average Bonchev–Trinajstić information content (AvgIpc) is 3.63. The zero-order valence-corrected chi connectivity index (χ0v) is 27.9. The summed E-state index contributed by atoms with van der Waals surface area (Å²) in [4.78, 5) is 25.8. The molecule has 5 rings (SSSR count). The number of ether oxygens (including phenoxy) is 3. The van der Waals surface area contributed by atoms with Gasteiger partial charge in [0.05, 0.1) is 18.1 Å². The lowest BCUT2D eigenvalue weighted by Crippen LogP contribution is -2.62. The number of hydrogen-bond acceptors (Lipinski definition) is 8. The van der Waals surface area contributed by atoms with Gasteiger partial charge in [0.25, 0.3) is 0 Å². The molecule has 0 spiro atoms. The molecule has 8 heteroatoms. The first-order chi connectivity index (χ1) is 19.9. The Morgan fingerprint density at radius 3 is 2.35 bits per heavy atom. The number of epoxide rings is 1. The fourth-order valence-corrected chi connectivity index (χ4v) is 11.1. The van der Waals surface area contributed by atoms with Crippen molar-refractivity contribution >= 4 is 11.9 Å². The zero-order chi connectivity index (χ0) is 31.9. The predicted molar refractivity (Wildman–Crippen MR) is 161 cm³/mol. The van der Waals surface area contributed by atoms with Crippen LogP contribution in [0.5, 0.6) is 0 Å². The SMILES string of the molecule is CC(=O)OC1C(O)C2=C(CCC3C2(C)CC(C(=O)OCO)C(C)C3(C)C)C2CCC(C(C)CCC3(C(C)(C)O)CO3)C21C. The first-order valence-corrected chi connectivity index (χ1v) is 16.6. The maximum Gasteiger partial charge on any atom is 0.311 e. The highest BCUT2D eigenvalue weighted by Crippen LogP contribution is 2.70. The number of hydrogen-bond donors (Lipinski definition) is 3. The van der Waals surface area contributed by atoms with E-state index in [0.717, 1.165) is 44.1 Å². The van der Waals surface area contributed by atoms with Crippen LogP contribution < -0.4 is 0 Å². The second kappa shape index (κ2) is 10.8. The zero-order valence-electron chi connectivity index (χ0n) is 27.9. The standard InChI is InChI=1S/C35H56O8/c1-19(14-15-35(17-42-35)32(6,7)40)24-11-12-25-22-10-13-26-31(4,5)20(2)23(30(39)41-18-36)16-33(26,8)27(22)28(38)29(34(24,25)9)43-21(3)37/h19-20,23-26,28-29,36,38,40H,10-18H2,1-9H3. The van der Waals surface area contributed by atoms with Gasteiger partial charge in [0, 0.05) is 12.3 Å². The van der Waals surface area contributed by atoms with Crippen LogP contribution in [0.1, 0.15) is 107 Å². The maximum atomic E-state index is 13.2. The predicted octanol–water partition coefficient (Wildman–Crippen LogP) is 5.17. The van der Waals surface area contributed by atoms with E-state index in [1.54, 1.807) is 0 Å². The van der Waals surface area contributed by atoms with Crippen molar-refractivity contribution in [2.75, 3.05) is 13.4 Å². The topological polar surface area (TPSA) is 126 Å². The molecule has 11 atom stereocenters. The van der Waals surface area contributed by atoms with Gasteiger partial charge in [0.2, 0.25) is 0 Å². The number of fused-ring (bicyclic) bond motifs is 4. The number of rotatable bonds is 8. The molecule has 3 N–H and O–H groups in total. The van der Waals surface area contributed by atoms with Gasteiger partial charge in [0.15, 0.2) is 6.79 Å². The number of carbonyl (C=O) groups is 2. The molecule has 2 saturated carbocycles. The molecule has 43 heavy (non-hydrogen) atoms. The second-order valence-corrected chi connectivity index (χ2v) is 16.4. The minimum atomic E-state index is -0.964. The van der Waals surface area contributed by atoms with Crippen LogP contribution in [0.2, 0.25) is 0 Å². The normalized spacial score (nSPS) is 44.1. The lowest BCUT2D eigenvalue weighted by Gasteiger charge is -2.63. The minimum absolute atomic E-state index is 0.0430. The third kappa shape index (κ3) is 4.92. The molecule has 0 radical (unpaired) electrons. The van der Waals surface area contributed by atoms with Gasteiger partial charge in [-0.2, -0.15) is 0 Å². The van der Waals surface area contributed by atoms with Crippen molar-refractivity contribution in [3.63, 3.8) is 0 Å². The Hall–Kier alpha value is -1.48. The largest absolute Gasteiger partial charge is 0.459 e. The van der Waals surface area contributed by atoms with E-state index in [9.17, 15) is 24.9 Å². The number of aliphatic hydroxyl groups is 3. The highest BCUT2D eigenvalue weighted by molar-refractivity contribution is 5.73. The molecule has 1 aliphatic heterocycles. The molecule has 0 aromatic carbocycles. The maximum absolute atomic E-state index is 13.2. The molecule has 8 nitrogen and oxygen atoms in total. The third-order valence-corrected chi connectivity index (χ3v) is 13.8. The van der Waals surface area contributed by atoms with Crippen molar-refractivity contribution in [2.45, 2.75) is 131 Å². The van der Waals surface area contributed by atoms with Gasteiger partial charge in [-0.15, -0.1) is 0 Å². The Morgan fingerprint density at radius 2 is 1.79 bits per heavy atom. The highest BCUT2D eigenvalue weighted by Gasteiger charge is 2.67. The van der Waals surface area contributed by atoms with Gasteiger partial charge >= 0.3 is 11.9 Å². The highest BCUT2D eigenvalue weighted by atomic mass is 16.6. The lowest BCUT2D eigenvalue weighted by molar-refractivity contribution is -0.181. The number of allylic oxidation sites excluding steroid dienone is 1. The van der Waals surface area contributed by atoms with Crippen LogP contribution in [0.3, 0.4) is 0 Å². The molecule has 0 bridgehead atoms. The van der Waals surface area contributed by atoms with Crippen LogP contribution in [0.4, 0.5) is 0 Å². The molecule has 0 amide bonds. The summed E-state index contributed by atoms with van der Waals surface area (Å²) in [5.74, 6) is -0.233. The number of aliphatic hydroxyl groups excluding tert-OH is 2. The first kappa shape index (κ1) is 32.9. The Morgan fingerprint density at radius 1 is 1.14 bits per heavy atom. The van der Waals surface area contributed by atoms with Crippen molar-refractivity contribution in [1.29, 1.82) is 0 Å². The van der Waals surface area contributed by atoms with Crippen LogP contribution in [-0.4, -0.2) is 64.1 Å². The molecule has 1 heterocycles. The molecule has 5 aliphatic rings. The van der Waals surface area contributed by atoms with Crippen molar-refractivity contribution in [1.82, 2.24) is 0 Å². The van der Waals surface area contributed by atoms with Crippen LogP contribution in [-0.2, 0) is 23.8 Å². The molecule has 11 unspecified atom stereocenters. The summed E-state index contributed by atoms with van der Waals surface area (Å²) in [5, 5.41) is 32.5. The van der Waals surface area contributed by atoms with Gasteiger partial charge in [-0.3, -0.25) is 9.59 Å². The van der Waals surface area contributed by atoms with E-state index >= 15 is 0 Å². The minimum Gasteiger partial charge on any atom is -0.459 e. The molecule has 1 saturated heterocycles. The van der Waals surface area contributed by atoms with Crippen molar-refractivity contribution < 1.29 is 39.1 Å². The summed E-state index contributed by atoms with van der Waals surface area (Å²) in [7, 11) is 0. The Labute approximate surface area is 257 Å². The summed E-state index contributed by atoms with van der Waals surface area (Å²) >= 11 is 0. The third-order valence-electron chi connectivity index (χ3n) is 13.8. The van der Waals surface area contributed by atoms with Crippen LogP contribution in [0.15, 0.2) is 11.1 Å². The molecule has 0 aromatic rings. The van der Waals surface area contributed by atoms with E-state index in [0.29, 0.717) is 13.0 Å². The number of esters is 2. The van der Waals surface area contributed by atoms with Crippen LogP contribution >= 0.6 is 0 Å². The van der Waals surface area contributed by atoms with Gasteiger partial charge in [-0.1, -0.05) is 47.1 Å². The van der Waals surface area contributed by atoms with E-state index in [1.165, 1.54) is 12.5 Å². The quantitative estimate of drug-likeness (QED) is 0.150. The Kier molecular flexibility index (Phi) is 8.27. The van der Waals surface area contributed by atoms with E-state index in [1.807, 2.05) is 13.8 Å². The van der Waals surface area contributed by atoms with Gasteiger partial charge < -0.3 is 29.5 Å². The van der Waals surface area contributed by atoms with Crippen molar-refractivity contribution in [3.8, 4) is 0 Å². The van der Waals surface area contributed by atoms with E-state index in [2.05, 4.69) is 41.5 Å². The Balaban J connectivity index is 1.53. The fraction of sp³-hybridized carbons (Fsp3) is 0.886. The van der Waals surface area contributed by atoms with Gasteiger partial charge in [0.1, 0.15) is 17.8 Å². The molecular formula is C35H56O8. The molecule has 0 aromatic heterocycles.